The van der Waals surface area contributed by atoms with Gasteiger partial charge in [-0.1, -0.05) is 42.5 Å². The van der Waals surface area contributed by atoms with Crippen LogP contribution in [-0.2, 0) is 21.4 Å². The number of rotatable bonds is 6. The molecule has 1 aliphatic heterocycles. The zero-order chi connectivity index (χ0) is 26.1. The number of ether oxygens (including phenoxy) is 2. The summed E-state index contributed by atoms with van der Waals surface area (Å²) < 4.78 is 12.0. The molecule has 4 aromatic rings. The third-order valence-electron chi connectivity index (χ3n) is 8.12. The van der Waals surface area contributed by atoms with Crippen LogP contribution in [0.1, 0.15) is 49.0 Å². The first kappa shape index (κ1) is 24.4. The normalized spacial score (nSPS) is 17.9. The summed E-state index contributed by atoms with van der Waals surface area (Å²) in [6, 6.07) is 23.0. The molecule has 1 atom stereocenters. The molecule has 6 heteroatoms. The number of hydrogen-bond donors (Lipinski definition) is 2. The van der Waals surface area contributed by atoms with Gasteiger partial charge in [-0.15, -0.1) is 0 Å². The summed E-state index contributed by atoms with van der Waals surface area (Å²) in [5.74, 6) is 1.05. The van der Waals surface area contributed by atoms with Crippen molar-refractivity contribution in [1.29, 1.82) is 0 Å². The number of nitrogens with two attached hydrogens (primary N) is 1. The summed E-state index contributed by atoms with van der Waals surface area (Å²) in [7, 11) is 0. The minimum atomic E-state index is -0.238. The van der Waals surface area contributed by atoms with E-state index in [2.05, 4.69) is 46.7 Å². The number of fused-ring (bicyclic) bond motifs is 3. The number of esters is 1. The van der Waals surface area contributed by atoms with E-state index < -0.39 is 0 Å². The Morgan fingerprint density at radius 1 is 1.05 bits per heavy atom. The van der Waals surface area contributed by atoms with Crippen LogP contribution in [0.25, 0.3) is 21.9 Å². The maximum absolute atomic E-state index is 12.3. The number of pyridine rings is 1. The quantitative estimate of drug-likeness (QED) is 0.324. The standard InChI is InChI=1S/C32H33N3O3/c1-2-37-30(36)19-24-5-3-4-6-28(24)38-29-20-32(12-15-34-16-13-32)27-10-9-23(18-26(27)29)22-8-7-21-11-14-35-31(33)25(21)17-22/h3-11,14,17-18,29,34H,2,12-13,15-16,19-20H2,1H3,(H2,33,35)/t29-/m0/s1. The number of nitrogen functional groups attached to an aromatic ring is 1. The number of hydrogen-bond acceptors (Lipinski definition) is 6. The van der Waals surface area contributed by atoms with Gasteiger partial charge in [-0.25, -0.2) is 4.98 Å². The SMILES string of the molecule is CCOC(=O)Cc1ccccc1O[C@H]1CC2(CCNCC2)c2ccc(-c3ccc4ccnc(N)c4c3)cc21. The molecule has 2 aliphatic rings. The largest absolute Gasteiger partial charge is 0.485 e. The second-order valence-corrected chi connectivity index (χ2v) is 10.4. The van der Waals surface area contributed by atoms with Crippen molar-refractivity contribution < 1.29 is 14.3 Å². The molecule has 1 saturated heterocycles. The zero-order valence-corrected chi connectivity index (χ0v) is 21.7. The van der Waals surface area contributed by atoms with Crippen LogP contribution in [0.3, 0.4) is 0 Å². The summed E-state index contributed by atoms with van der Waals surface area (Å²) in [6.07, 6.45) is 4.94. The molecule has 194 valence electrons. The Morgan fingerprint density at radius 2 is 1.84 bits per heavy atom. The summed E-state index contributed by atoms with van der Waals surface area (Å²) in [4.78, 5) is 16.5. The number of nitrogens with one attached hydrogen (secondary N) is 1. The van der Waals surface area contributed by atoms with E-state index in [0.29, 0.717) is 12.4 Å². The van der Waals surface area contributed by atoms with Crippen LogP contribution in [0, 0.1) is 0 Å². The first-order valence-corrected chi connectivity index (χ1v) is 13.5. The highest BCUT2D eigenvalue weighted by molar-refractivity contribution is 5.94. The van der Waals surface area contributed by atoms with Gasteiger partial charge in [0.05, 0.1) is 13.0 Å². The van der Waals surface area contributed by atoms with Crippen molar-refractivity contribution >= 4 is 22.6 Å². The number of piperidine rings is 1. The lowest BCUT2D eigenvalue weighted by Gasteiger charge is -2.35. The average Bonchev–Trinajstić information content (AvgIpc) is 3.22. The highest BCUT2D eigenvalue weighted by Gasteiger charge is 2.45. The van der Waals surface area contributed by atoms with Gasteiger partial charge >= 0.3 is 5.97 Å². The second-order valence-electron chi connectivity index (χ2n) is 10.4. The molecule has 0 radical (unpaired) electrons. The minimum absolute atomic E-state index is 0.0948. The highest BCUT2D eigenvalue weighted by Crippen LogP contribution is 2.52. The summed E-state index contributed by atoms with van der Waals surface area (Å²) in [5, 5.41) is 5.56. The molecule has 6 nitrogen and oxygen atoms in total. The third-order valence-corrected chi connectivity index (χ3v) is 8.12. The fraction of sp³-hybridized carbons (Fsp3) is 0.312. The van der Waals surface area contributed by atoms with Crippen LogP contribution in [0.15, 0.2) is 72.9 Å². The fourth-order valence-electron chi connectivity index (χ4n) is 6.21. The Balaban J connectivity index is 1.39. The Bertz CT molecular complexity index is 1490. The minimum Gasteiger partial charge on any atom is -0.485 e. The van der Waals surface area contributed by atoms with E-state index in [1.807, 2.05) is 37.3 Å². The van der Waals surface area contributed by atoms with Gasteiger partial charge in [0, 0.05) is 22.6 Å². The third kappa shape index (κ3) is 4.50. The predicted octanol–water partition coefficient (Wildman–Crippen LogP) is 5.73. The van der Waals surface area contributed by atoms with Crippen LogP contribution < -0.4 is 15.8 Å². The maximum atomic E-state index is 12.3. The van der Waals surface area contributed by atoms with Crippen molar-refractivity contribution in [3.8, 4) is 16.9 Å². The first-order valence-electron chi connectivity index (χ1n) is 13.5. The molecule has 0 unspecified atom stereocenters. The molecule has 1 aromatic heterocycles. The molecule has 6 rings (SSSR count). The molecular formula is C32H33N3O3. The molecule has 0 saturated carbocycles. The lowest BCUT2D eigenvalue weighted by molar-refractivity contribution is -0.142. The van der Waals surface area contributed by atoms with Crippen LogP contribution in [0.5, 0.6) is 5.75 Å². The Labute approximate surface area is 223 Å². The Kier molecular flexibility index (Phi) is 6.50. The smallest absolute Gasteiger partial charge is 0.310 e. The number of para-hydroxylation sites is 1. The van der Waals surface area contributed by atoms with Gasteiger partial charge in [-0.3, -0.25) is 4.79 Å². The van der Waals surface area contributed by atoms with Gasteiger partial charge < -0.3 is 20.5 Å². The van der Waals surface area contributed by atoms with Crippen molar-refractivity contribution in [2.45, 2.75) is 44.1 Å². The molecule has 1 spiro atoms. The van der Waals surface area contributed by atoms with Gasteiger partial charge in [-0.05, 0) is 91.2 Å². The maximum Gasteiger partial charge on any atom is 0.310 e. The number of benzene rings is 3. The number of anilines is 1. The molecule has 0 bridgehead atoms. The van der Waals surface area contributed by atoms with E-state index in [1.165, 1.54) is 11.1 Å². The lowest BCUT2D eigenvalue weighted by atomic mass is 9.74. The monoisotopic (exact) mass is 507 g/mol. The summed E-state index contributed by atoms with van der Waals surface area (Å²) in [6.45, 7) is 4.20. The van der Waals surface area contributed by atoms with Crippen molar-refractivity contribution in [2.75, 3.05) is 25.4 Å². The molecule has 2 heterocycles. The molecule has 1 fully saturated rings. The van der Waals surface area contributed by atoms with E-state index in [9.17, 15) is 4.79 Å². The molecule has 3 N–H and O–H groups in total. The van der Waals surface area contributed by atoms with Gasteiger partial charge in [0.25, 0.3) is 0 Å². The lowest BCUT2D eigenvalue weighted by Crippen LogP contribution is -2.38. The number of nitrogens with zero attached hydrogens (tertiary/aromatic N) is 1. The van der Waals surface area contributed by atoms with Crippen molar-refractivity contribution in [3.63, 3.8) is 0 Å². The van der Waals surface area contributed by atoms with E-state index in [1.54, 1.807) is 6.20 Å². The topological polar surface area (TPSA) is 86.5 Å². The van der Waals surface area contributed by atoms with E-state index in [0.717, 1.165) is 65.6 Å². The average molecular weight is 508 g/mol. The van der Waals surface area contributed by atoms with Crippen LogP contribution >= 0.6 is 0 Å². The second kappa shape index (κ2) is 10.1. The van der Waals surface area contributed by atoms with E-state index in [-0.39, 0.29) is 23.9 Å². The van der Waals surface area contributed by atoms with Crippen LogP contribution in [0.2, 0.25) is 0 Å². The van der Waals surface area contributed by atoms with E-state index >= 15 is 0 Å². The molecule has 3 aromatic carbocycles. The summed E-state index contributed by atoms with van der Waals surface area (Å²) >= 11 is 0. The predicted molar refractivity (Wildman–Crippen MR) is 150 cm³/mol. The molecule has 1 aliphatic carbocycles. The van der Waals surface area contributed by atoms with Gasteiger partial charge in [0.1, 0.15) is 17.7 Å². The Morgan fingerprint density at radius 3 is 2.68 bits per heavy atom. The van der Waals surface area contributed by atoms with Crippen molar-refractivity contribution in [3.05, 3.63) is 89.6 Å². The fourth-order valence-corrected chi connectivity index (χ4v) is 6.21. The highest BCUT2D eigenvalue weighted by atomic mass is 16.5. The molecular weight excluding hydrogens is 474 g/mol. The zero-order valence-electron chi connectivity index (χ0n) is 21.7. The van der Waals surface area contributed by atoms with Crippen LogP contribution in [0.4, 0.5) is 5.82 Å². The Hall–Kier alpha value is -3.90. The van der Waals surface area contributed by atoms with Crippen molar-refractivity contribution in [1.82, 2.24) is 10.3 Å². The molecule has 38 heavy (non-hydrogen) atoms. The summed E-state index contributed by atoms with van der Waals surface area (Å²) in [5.41, 5.74) is 12.0. The van der Waals surface area contributed by atoms with Crippen molar-refractivity contribution in [2.24, 2.45) is 0 Å². The first-order chi connectivity index (χ1) is 18.6. The van der Waals surface area contributed by atoms with Crippen LogP contribution in [-0.4, -0.2) is 30.6 Å². The van der Waals surface area contributed by atoms with Gasteiger partial charge in [0.2, 0.25) is 0 Å². The van der Waals surface area contributed by atoms with Gasteiger partial charge in [-0.2, -0.15) is 0 Å². The number of carbonyl (C=O) groups excluding carboxylic acids is 1. The molecule has 0 amide bonds. The van der Waals surface area contributed by atoms with Gasteiger partial charge in [0.15, 0.2) is 0 Å². The number of aromatic nitrogens is 1. The van der Waals surface area contributed by atoms with E-state index in [4.69, 9.17) is 15.2 Å². The number of carbonyl (C=O) groups is 1.